The summed E-state index contributed by atoms with van der Waals surface area (Å²) in [5.41, 5.74) is 0. The van der Waals surface area contributed by atoms with Gasteiger partial charge in [-0.3, -0.25) is 0 Å². The Morgan fingerprint density at radius 2 is 0.366 bits per heavy atom. The minimum atomic E-state index is 0.965. The highest BCUT2D eigenvalue weighted by molar-refractivity contribution is 4.57. The summed E-state index contributed by atoms with van der Waals surface area (Å²) in [6, 6.07) is 0. The predicted octanol–water partition coefficient (Wildman–Crippen LogP) is 16.1. The molecule has 0 amide bonds. The van der Waals surface area contributed by atoms with E-state index in [2.05, 4.69) is 20.8 Å². The molecular formula is C41H84. The molecule has 0 heteroatoms. The topological polar surface area (TPSA) is 0 Å². The molecule has 1 atom stereocenters. The van der Waals surface area contributed by atoms with E-state index in [-0.39, 0.29) is 0 Å². The summed E-state index contributed by atoms with van der Waals surface area (Å²) in [5, 5.41) is 0. The van der Waals surface area contributed by atoms with Crippen molar-refractivity contribution in [2.45, 2.75) is 258 Å². The quantitative estimate of drug-likeness (QED) is 0.0645. The van der Waals surface area contributed by atoms with Gasteiger partial charge in [0.05, 0.1) is 0 Å². The standard InChI is InChI=1S/C41H84/c1-4-6-8-10-12-14-16-18-20-21-22-23-24-25-26-28-30-32-34-36-38-40-41(3)39-37-35-33-31-29-27-19-17-15-13-11-9-7-5-2/h41H,4-40H2,1-3H3. The molecule has 0 fully saturated rings. The summed E-state index contributed by atoms with van der Waals surface area (Å²) in [7, 11) is 0. The molecule has 0 bridgehead atoms. The lowest BCUT2D eigenvalue weighted by Crippen LogP contribution is -1.95. The Hall–Kier alpha value is 0. The van der Waals surface area contributed by atoms with Crippen molar-refractivity contribution in [2.75, 3.05) is 0 Å². The average molecular weight is 577 g/mol. The van der Waals surface area contributed by atoms with Gasteiger partial charge >= 0.3 is 0 Å². The highest BCUT2D eigenvalue weighted by Crippen LogP contribution is 2.20. The van der Waals surface area contributed by atoms with Crippen LogP contribution in [0.15, 0.2) is 0 Å². The summed E-state index contributed by atoms with van der Waals surface area (Å²) in [6.45, 7) is 7.13. The molecule has 0 spiro atoms. The number of rotatable bonds is 37. The second-order valence-electron chi connectivity index (χ2n) is 14.3. The first-order valence-corrected chi connectivity index (χ1v) is 20.3. The molecule has 0 aromatic rings. The monoisotopic (exact) mass is 577 g/mol. The van der Waals surface area contributed by atoms with E-state index in [1.54, 1.807) is 0 Å². The molecule has 0 aromatic carbocycles. The van der Waals surface area contributed by atoms with Crippen LogP contribution in [0.5, 0.6) is 0 Å². The van der Waals surface area contributed by atoms with Gasteiger partial charge in [-0.15, -0.1) is 0 Å². The molecule has 41 heavy (non-hydrogen) atoms. The molecule has 0 N–H and O–H groups in total. The van der Waals surface area contributed by atoms with E-state index < -0.39 is 0 Å². The Kier molecular flexibility index (Phi) is 38.0. The Balaban J connectivity index is 3.13. The highest BCUT2D eigenvalue weighted by atomic mass is 14.1. The van der Waals surface area contributed by atoms with Gasteiger partial charge in [-0.1, -0.05) is 258 Å². The molecule has 0 nitrogen and oxygen atoms in total. The average Bonchev–Trinajstić information content (AvgIpc) is 2.98. The Bertz CT molecular complexity index is 426. The third kappa shape index (κ3) is 38.0. The van der Waals surface area contributed by atoms with Gasteiger partial charge in [0.15, 0.2) is 0 Å². The molecule has 0 aliphatic rings. The molecule has 0 aliphatic carbocycles. The van der Waals surface area contributed by atoms with E-state index in [1.165, 1.54) is 238 Å². The van der Waals surface area contributed by atoms with Crippen molar-refractivity contribution in [3.05, 3.63) is 0 Å². The van der Waals surface area contributed by atoms with Crippen LogP contribution in [0.2, 0.25) is 0 Å². The normalized spacial score (nSPS) is 12.4. The number of hydrogen-bond acceptors (Lipinski definition) is 0. The van der Waals surface area contributed by atoms with Crippen molar-refractivity contribution in [3.8, 4) is 0 Å². The second-order valence-corrected chi connectivity index (χ2v) is 14.3. The van der Waals surface area contributed by atoms with Gasteiger partial charge in [0, 0.05) is 0 Å². The zero-order valence-electron chi connectivity index (χ0n) is 29.7. The molecule has 1 unspecified atom stereocenters. The molecule has 248 valence electrons. The van der Waals surface area contributed by atoms with Gasteiger partial charge in [-0.25, -0.2) is 0 Å². The fourth-order valence-electron chi connectivity index (χ4n) is 6.76. The largest absolute Gasteiger partial charge is 0.0654 e. The van der Waals surface area contributed by atoms with Crippen LogP contribution < -0.4 is 0 Å². The van der Waals surface area contributed by atoms with Crippen molar-refractivity contribution in [1.29, 1.82) is 0 Å². The molecule has 0 aliphatic heterocycles. The zero-order valence-corrected chi connectivity index (χ0v) is 29.7. The lowest BCUT2D eigenvalue weighted by Gasteiger charge is -2.11. The van der Waals surface area contributed by atoms with E-state index in [4.69, 9.17) is 0 Å². The van der Waals surface area contributed by atoms with Crippen LogP contribution in [0.4, 0.5) is 0 Å². The van der Waals surface area contributed by atoms with Crippen molar-refractivity contribution in [3.63, 3.8) is 0 Å². The third-order valence-electron chi connectivity index (χ3n) is 9.85. The van der Waals surface area contributed by atoms with Gasteiger partial charge in [-0.05, 0) is 5.92 Å². The van der Waals surface area contributed by atoms with Crippen LogP contribution in [-0.4, -0.2) is 0 Å². The first-order chi connectivity index (χ1) is 20.3. The maximum Gasteiger partial charge on any atom is -0.0443 e. The first-order valence-electron chi connectivity index (χ1n) is 20.3. The van der Waals surface area contributed by atoms with Gasteiger partial charge in [0.2, 0.25) is 0 Å². The second kappa shape index (κ2) is 38.0. The maximum absolute atomic E-state index is 2.51. The minimum absolute atomic E-state index is 0.965. The number of hydrogen-bond donors (Lipinski definition) is 0. The Morgan fingerprint density at radius 3 is 0.537 bits per heavy atom. The van der Waals surface area contributed by atoms with E-state index in [9.17, 15) is 0 Å². The summed E-state index contributed by atoms with van der Waals surface area (Å²) < 4.78 is 0. The maximum atomic E-state index is 2.51. The first kappa shape index (κ1) is 41.0. The fourth-order valence-corrected chi connectivity index (χ4v) is 6.76. The predicted molar refractivity (Wildman–Crippen MR) is 191 cm³/mol. The summed E-state index contributed by atoms with van der Waals surface area (Å²) in [6.07, 6.45) is 54.7. The molecule has 0 radical (unpaired) electrons. The van der Waals surface area contributed by atoms with E-state index in [1.807, 2.05) is 0 Å². The highest BCUT2D eigenvalue weighted by Gasteiger charge is 2.02. The van der Waals surface area contributed by atoms with Crippen molar-refractivity contribution < 1.29 is 0 Å². The minimum Gasteiger partial charge on any atom is -0.0654 e. The molecule has 0 saturated heterocycles. The summed E-state index contributed by atoms with van der Waals surface area (Å²) in [5.74, 6) is 0.965. The van der Waals surface area contributed by atoms with Gasteiger partial charge < -0.3 is 0 Å². The van der Waals surface area contributed by atoms with Gasteiger partial charge in [0.1, 0.15) is 0 Å². The number of unbranched alkanes of at least 4 members (excludes halogenated alkanes) is 33. The van der Waals surface area contributed by atoms with Crippen LogP contribution in [0, 0.1) is 5.92 Å². The van der Waals surface area contributed by atoms with Crippen LogP contribution >= 0.6 is 0 Å². The summed E-state index contributed by atoms with van der Waals surface area (Å²) in [4.78, 5) is 0. The van der Waals surface area contributed by atoms with Gasteiger partial charge in [0.25, 0.3) is 0 Å². The molecular weight excluding hydrogens is 492 g/mol. The zero-order chi connectivity index (χ0) is 29.7. The van der Waals surface area contributed by atoms with Gasteiger partial charge in [-0.2, -0.15) is 0 Å². The molecule has 0 aromatic heterocycles. The molecule has 0 rings (SSSR count). The fraction of sp³-hybridized carbons (Fsp3) is 1.00. The third-order valence-corrected chi connectivity index (χ3v) is 9.85. The van der Waals surface area contributed by atoms with E-state index in [0.717, 1.165) is 5.92 Å². The lowest BCUT2D eigenvalue weighted by molar-refractivity contribution is 0.429. The van der Waals surface area contributed by atoms with Crippen LogP contribution in [-0.2, 0) is 0 Å². The smallest absolute Gasteiger partial charge is 0.0443 e. The van der Waals surface area contributed by atoms with E-state index in [0.29, 0.717) is 0 Å². The van der Waals surface area contributed by atoms with Crippen molar-refractivity contribution in [2.24, 2.45) is 5.92 Å². The van der Waals surface area contributed by atoms with Crippen LogP contribution in [0.25, 0.3) is 0 Å². The van der Waals surface area contributed by atoms with Crippen molar-refractivity contribution >= 4 is 0 Å². The molecule has 0 heterocycles. The van der Waals surface area contributed by atoms with Crippen LogP contribution in [0.1, 0.15) is 258 Å². The lowest BCUT2D eigenvalue weighted by atomic mass is 9.95. The molecule has 0 saturated carbocycles. The SMILES string of the molecule is CCCCCCCCCCCCCCCCCCCCCCCC(C)CCCCCCCCCCCCCCCC. The Labute approximate surface area is 263 Å². The Morgan fingerprint density at radius 1 is 0.220 bits per heavy atom. The summed E-state index contributed by atoms with van der Waals surface area (Å²) >= 11 is 0. The van der Waals surface area contributed by atoms with Crippen LogP contribution in [0.3, 0.4) is 0 Å². The van der Waals surface area contributed by atoms with E-state index >= 15 is 0 Å². The van der Waals surface area contributed by atoms with Crippen molar-refractivity contribution in [1.82, 2.24) is 0 Å².